The number of hydrogen-bond acceptors (Lipinski definition) is 4. The number of alkyl halides is 6. The minimum Gasteiger partial charge on any atom is -0.368 e. The van der Waals surface area contributed by atoms with Crippen LogP contribution in [0.5, 0.6) is 0 Å². The van der Waals surface area contributed by atoms with E-state index in [0.717, 1.165) is 12.1 Å². The van der Waals surface area contributed by atoms with Crippen LogP contribution in [0.2, 0.25) is 0 Å². The van der Waals surface area contributed by atoms with Crippen LogP contribution in [-0.4, -0.2) is 46.8 Å². The minimum atomic E-state index is -4.47. The number of aromatic nitrogens is 1. The molecule has 1 aromatic carbocycles. The van der Waals surface area contributed by atoms with E-state index < -0.39 is 47.2 Å². The third-order valence-electron chi connectivity index (χ3n) is 7.23. The first kappa shape index (κ1) is 24.8. The van der Waals surface area contributed by atoms with Gasteiger partial charge in [-0.3, -0.25) is 9.59 Å². The Kier molecular flexibility index (Phi) is 5.73. The molecular formula is C24H23F6N3O3. The highest BCUT2D eigenvalue weighted by molar-refractivity contribution is 5.96. The van der Waals surface area contributed by atoms with Crippen molar-refractivity contribution in [3.8, 4) is 0 Å². The van der Waals surface area contributed by atoms with Crippen molar-refractivity contribution < 1.29 is 40.7 Å². The lowest BCUT2D eigenvalue weighted by Gasteiger charge is -2.70. The van der Waals surface area contributed by atoms with E-state index in [9.17, 15) is 35.9 Å². The normalized spacial score (nSPS) is 29.1. The molecule has 12 heteroatoms. The predicted octanol–water partition coefficient (Wildman–Crippen LogP) is 4.52. The largest absolute Gasteiger partial charge is 0.416 e. The molecule has 2 bridgehead atoms. The standard InChI is InChI=1S/C24H23F6N3O3/c25-23(26,27)8-13-5-16(6-13)36-9-19(34)32-21-10-22(11-21,12-21)33-20(35)18-3-1-14-7-15(24(28,29)30)2-4-17(14)31-18/h1-4,7,13,16H,5-6,8-12H2,(H,32,34)(H,33,35)/t13-,16+,21?,22?. The number of rotatable bonds is 7. The molecule has 4 aliphatic carbocycles. The molecule has 2 amide bonds. The molecule has 2 N–H and O–H groups in total. The molecule has 0 unspecified atom stereocenters. The van der Waals surface area contributed by atoms with Crippen molar-refractivity contribution in [1.29, 1.82) is 0 Å². The maximum atomic E-state index is 12.9. The number of fused-ring (bicyclic) bond motifs is 1. The number of nitrogens with one attached hydrogen (secondary N) is 2. The van der Waals surface area contributed by atoms with Gasteiger partial charge in [-0.1, -0.05) is 6.07 Å². The fourth-order valence-corrected chi connectivity index (χ4v) is 5.62. The quantitative estimate of drug-likeness (QED) is 0.532. The van der Waals surface area contributed by atoms with E-state index in [4.69, 9.17) is 4.74 Å². The van der Waals surface area contributed by atoms with Crippen LogP contribution in [0.3, 0.4) is 0 Å². The second kappa shape index (κ2) is 8.32. The van der Waals surface area contributed by atoms with Crippen molar-refractivity contribution in [3.05, 3.63) is 41.6 Å². The number of benzene rings is 1. The third kappa shape index (κ3) is 5.00. The number of pyridine rings is 1. The second-order valence-corrected chi connectivity index (χ2v) is 10.3. The van der Waals surface area contributed by atoms with E-state index in [1.807, 2.05) is 0 Å². The topological polar surface area (TPSA) is 80.3 Å². The number of ether oxygens (including phenoxy) is 1. The smallest absolute Gasteiger partial charge is 0.368 e. The Bertz CT molecular complexity index is 1190. The molecule has 194 valence electrons. The Morgan fingerprint density at radius 3 is 2.28 bits per heavy atom. The van der Waals surface area contributed by atoms with Gasteiger partial charge in [-0.05, 0) is 62.3 Å². The molecule has 4 fully saturated rings. The average Bonchev–Trinajstić information content (AvgIpc) is 2.70. The molecule has 0 radical (unpaired) electrons. The lowest BCUT2D eigenvalue weighted by Crippen LogP contribution is -2.84. The SMILES string of the molecule is O=C(CO[C@H]1C[C@@H](CC(F)(F)F)C1)NC12CC(NC(=O)c3ccc4cc(C(F)(F)F)ccc4n3)(C1)C2. The van der Waals surface area contributed by atoms with Crippen molar-refractivity contribution in [1.82, 2.24) is 15.6 Å². The Morgan fingerprint density at radius 1 is 0.972 bits per heavy atom. The van der Waals surface area contributed by atoms with Crippen LogP contribution in [0, 0.1) is 5.92 Å². The molecule has 0 spiro atoms. The van der Waals surface area contributed by atoms with Gasteiger partial charge >= 0.3 is 12.4 Å². The van der Waals surface area contributed by atoms with E-state index in [2.05, 4.69) is 15.6 Å². The molecule has 6 rings (SSSR count). The molecule has 1 heterocycles. The first-order valence-electron chi connectivity index (χ1n) is 11.5. The van der Waals surface area contributed by atoms with E-state index >= 15 is 0 Å². The summed E-state index contributed by atoms with van der Waals surface area (Å²) < 4.78 is 81.1. The zero-order chi connectivity index (χ0) is 25.9. The van der Waals surface area contributed by atoms with Gasteiger partial charge in [0.25, 0.3) is 5.91 Å². The van der Waals surface area contributed by atoms with Crippen molar-refractivity contribution in [2.24, 2.45) is 5.92 Å². The summed E-state index contributed by atoms with van der Waals surface area (Å²) in [7, 11) is 0. The number of amides is 2. The van der Waals surface area contributed by atoms with Crippen LogP contribution in [0.25, 0.3) is 10.9 Å². The predicted molar refractivity (Wildman–Crippen MR) is 115 cm³/mol. The van der Waals surface area contributed by atoms with Gasteiger partial charge in [0.1, 0.15) is 12.3 Å². The Balaban J connectivity index is 1.07. The fourth-order valence-electron chi connectivity index (χ4n) is 5.62. The van der Waals surface area contributed by atoms with Crippen LogP contribution in [0.15, 0.2) is 30.3 Å². The molecule has 2 aromatic rings. The van der Waals surface area contributed by atoms with Gasteiger partial charge < -0.3 is 15.4 Å². The molecule has 4 saturated carbocycles. The van der Waals surface area contributed by atoms with Gasteiger partial charge in [0.15, 0.2) is 0 Å². The highest BCUT2D eigenvalue weighted by Crippen LogP contribution is 2.60. The number of hydrogen-bond donors (Lipinski definition) is 2. The van der Waals surface area contributed by atoms with Crippen molar-refractivity contribution >= 4 is 22.7 Å². The molecule has 0 aliphatic heterocycles. The molecule has 0 atom stereocenters. The Morgan fingerprint density at radius 2 is 1.64 bits per heavy atom. The minimum absolute atomic E-state index is 0.0859. The van der Waals surface area contributed by atoms with E-state index in [-0.39, 0.29) is 35.2 Å². The first-order valence-corrected chi connectivity index (χ1v) is 11.5. The van der Waals surface area contributed by atoms with E-state index in [1.165, 1.54) is 18.2 Å². The summed E-state index contributed by atoms with van der Waals surface area (Å²) in [6.45, 7) is -0.221. The summed E-state index contributed by atoms with van der Waals surface area (Å²) >= 11 is 0. The van der Waals surface area contributed by atoms with E-state index in [0.29, 0.717) is 32.1 Å². The number of carbonyl (C=O) groups excluding carboxylic acids is 2. The van der Waals surface area contributed by atoms with Crippen molar-refractivity contribution in [2.45, 2.75) is 68.1 Å². The average molecular weight is 515 g/mol. The molecule has 4 aliphatic rings. The molecule has 0 saturated heterocycles. The highest BCUT2D eigenvalue weighted by Gasteiger charge is 2.69. The molecular weight excluding hydrogens is 492 g/mol. The Labute approximate surface area is 201 Å². The van der Waals surface area contributed by atoms with Crippen molar-refractivity contribution in [2.75, 3.05) is 6.61 Å². The molecule has 36 heavy (non-hydrogen) atoms. The number of carbonyl (C=O) groups is 2. The van der Waals surface area contributed by atoms with Gasteiger partial charge in [-0.15, -0.1) is 0 Å². The van der Waals surface area contributed by atoms with E-state index in [1.54, 1.807) is 0 Å². The first-order chi connectivity index (χ1) is 16.7. The fraction of sp³-hybridized carbons (Fsp3) is 0.542. The summed E-state index contributed by atoms with van der Waals surface area (Å²) in [6, 6.07) is 5.91. The molecule has 1 aromatic heterocycles. The maximum absolute atomic E-state index is 12.9. The van der Waals surface area contributed by atoms with Crippen LogP contribution in [0.4, 0.5) is 26.3 Å². The number of nitrogens with zero attached hydrogens (tertiary/aromatic N) is 1. The van der Waals surface area contributed by atoms with Gasteiger partial charge in [0.2, 0.25) is 5.91 Å². The zero-order valence-electron chi connectivity index (χ0n) is 18.9. The highest BCUT2D eigenvalue weighted by atomic mass is 19.4. The number of halogens is 6. The van der Waals surface area contributed by atoms with Gasteiger partial charge in [-0.2, -0.15) is 26.3 Å². The van der Waals surface area contributed by atoms with Crippen LogP contribution in [0.1, 0.15) is 54.6 Å². The summed E-state index contributed by atoms with van der Waals surface area (Å²) in [5.41, 5.74) is -1.34. The van der Waals surface area contributed by atoms with Crippen LogP contribution in [-0.2, 0) is 15.7 Å². The summed E-state index contributed by atoms with van der Waals surface area (Å²) in [5.74, 6) is -1.24. The van der Waals surface area contributed by atoms with Crippen LogP contribution >= 0.6 is 0 Å². The second-order valence-electron chi connectivity index (χ2n) is 10.3. The lowest BCUT2D eigenvalue weighted by atomic mass is 9.44. The van der Waals surface area contributed by atoms with Gasteiger partial charge in [-0.25, -0.2) is 4.98 Å². The lowest BCUT2D eigenvalue weighted by molar-refractivity contribution is -0.166. The van der Waals surface area contributed by atoms with Gasteiger partial charge in [0, 0.05) is 22.9 Å². The van der Waals surface area contributed by atoms with Crippen LogP contribution < -0.4 is 10.6 Å². The van der Waals surface area contributed by atoms with Crippen molar-refractivity contribution in [3.63, 3.8) is 0 Å². The Hall–Kier alpha value is -2.89. The summed E-state index contributed by atoms with van der Waals surface area (Å²) in [4.78, 5) is 29.1. The zero-order valence-corrected chi connectivity index (χ0v) is 18.9. The monoisotopic (exact) mass is 515 g/mol. The third-order valence-corrected chi connectivity index (χ3v) is 7.23. The van der Waals surface area contributed by atoms with Gasteiger partial charge in [0.05, 0.1) is 17.2 Å². The molecule has 6 nitrogen and oxygen atoms in total. The summed E-state index contributed by atoms with van der Waals surface area (Å²) in [5, 5.41) is 6.07. The summed E-state index contributed by atoms with van der Waals surface area (Å²) in [6.07, 6.45) is -7.67. The maximum Gasteiger partial charge on any atom is 0.416 e.